The molecule has 1 saturated heterocycles. The Morgan fingerprint density at radius 1 is 1.20 bits per heavy atom. The van der Waals surface area contributed by atoms with Crippen LogP contribution in [-0.4, -0.2) is 51.9 Å². The summed E-state index contributed by atoms with van der Waals surface area (Å²) < 4.78 is 1.96. The molecule has 0 aliphatic carbocycles. The van der Waals surface area contributed by atoms with Gasteiger partial charge in [-0.3, -0.25) is 10.00 Å². The van der Waals surface area contributed by atoms with Gasteiger partial charge in [0, 0.05) is 44.5 Å². The summed E-state index contributed by atoms with van der Waals surface area (Å²) in [5.74, 6) is 0.637. The number of urea groups is 1. The van der Waals surface area contributed by atoms with Crippen LogP contribution in [0.1, 0.15) is 17.8 Å². The van der Waals surface area contributed by atoms with Crippen molar-refractivity contribution in [2.75, 3.05) is 36.4 Å². The second-order valence-electron chi connectivity index (χ2n) is 6.27. The fraction of sp³-hybridized carbons (Fsp3) is 0.412. The third-order valence-electron chi connectivity index (χ3n) is 4.70. The molecule has 0 spiro atoms. The molecule has 4 rings (SSSR count). The summed E-state index contributed by atoms with van der Waals surface area (Å²) >= 11 is 0. The first-order valence-corrected chi connectivity index (χ1v) is 8.47. The van der Waals surface area contributed by atoms with Gasteiger partial charge in [0.05, 0.1) is 11.9 Å². The second kappa shape index (κ2) is 6.43. The van der Waals surface area contributed by atoms with Gasteiger partial charge >= 0.3 is 6.03 Å². The third-order valence-corrected chi connectivity index (χ3v) is 4.70. The number of nitrogens with one attached hydrogen (secondary N) is 1. The average molecular weight is 337 g/mol. The first kappa shape index (κ1) is 15.4. The van der Waals surface area contributed by atoms with Gasteiger partial charge in [-0.05, 0) is 25.0 Å². The summed E-state index contributed by atoms with van der Waals surface area (Å²) in [6, 6.07) is 7.49. The minimum absolute atomic E-state index is 0.102. The van der Waals surface area contributed by atoms with Crippen LogP contribution in [-0.2, 0) is 13.0 Å². The number of rotatable bonds is 2. The highest BCUT2D eigenvalue weighted by Gasteiger charge is 2.23. The number of pyridine rings is 1. The third kappa shape index (κ3) is 3.13. The molecular weight excluding hydrogens is 318 g/mol. The van der Waals surface area contributed by atoms with Crippen LogP contribution >= 0.6 is 0 Å². The first-order chi connectivity index (χ1) is 12.2. The molecule has 1 N–H and O–H groups in total. The molecule has 2 aliphatic heterocycles. The van der Waals surface area contributed by atoms with Crippen LogP contribution in [0.25, 0.3) is 0 Å². The van der Waals surface area contributed by atoms with Crippen LogP contribution in [0.3, 0.4) is 0 Å². The standard InChI is InChI=1S/C17H19N7O/c18-11-13-3-4-15(12-19-13)22-6-8-23(9-7-22)17(25)20-16-10-14-2-1-5-24(14)21-16/h3-4,10,12H,1-2,5-9H2,(H,20,21,25). The normalized spacial score (nSPS) is 16.4. The second-order valence-corrected chi connectivity index (χ2v) is 6.27. The predicted octanol–water partition coefficient (Wildman–Crippen LogP) is 1.45. The summed E-state index contributed by atoms with van der Waals surface area (Å²) in [7, 11) is 0. The van der Waals surface area contributed by atoms with Gasteiger partial charge in [0.2, 0.25) is 0 Å². The SMILES string of the molecule is N#Cc1ccc(N2CCN(C(=O)Nc3cc4n(n3)CCC4)CC2)cn1. The number of amides is 2. The van der Waals surface area contributed by atoms with E-state index in [2.05, 4.69) is 20.3 Å². The highest BCUT2D eigenvalue weighted by molar-refractivity contribution is 5.88. The van der Waals surface area contributed by atoms with Crippen LogP contribution in [0.15, 0.2) is 24.4 Å². The van der Waals surface area contributed by atoms with E-state index in [1.165, 1.54) is 5.69 Å². The van der Waals surface area contributed by atoms with E-state index < -0.39 is 0 Å². The van der Waals surface area contributed by atoms with Crippen molar-refractivity contribution >= 4 is 17.5 Å². The van der Waals surface area contributed by atoms with Crippen LogP contribution < -0.4 is 10.2 Å². The average Bonchev–Trinajstić information content (AvgIpc) is 3.23. The topological polar surface area (TPSA) is 90.1 Å². The molecular formula is C17H19N7O. The van der Waals surface area contributed by atoms with Gasteiger partial charge in [-0.1, -0.05) is 0 Å². The van der Waals surface area contributed by atoms with Crippen molar-refractivity contribution in [1.82, 2.24) is 19.7 Å². The van der Waals surface area contributed by atoms with Gasteiger partial charge in [0.25, 0.3) is 0 Å². The number of hydrogen-bond donors (Lipinski definition) is 1. The molecule has 2 aromatic rings. The molecule has 2 amide bonds. The largest absolute Gasteiger partial charge is 0.367 e. The van der Waals surface area contributed by atoms with Crippen molar-refractivity contribution in [2.24, 2.45) is 0 Å². The number of carbonyl (C=O) groups is 1. The van der Waals surface area contributed by atoms with E-state index in [0.717, 1.165) is 38.2 Å². The first-order valence-electron chi connectivity index (χ1n) is 8.47. The molecule has 2 aliphatic rings. The summed E-state index contributed by atoms with van der Waals surface area (Å²) in [5, 5.41) is 16.1. The zero-order chi connectivity index (χ0) is 17.2. The van der Waals surface area contributed by atoms with Gasteiger partial charge in [0.15, 0.2) is 5.82 Å². The summed E-state index contributed by atoms with van der Waals surface area (Å²) in [6.07, 6.45) is 3.86. The smallest absolute Gasteiger partial charge is 0.323 e. The Morgan fingerprint density at radius 3 is 2.72 bits per heavy atom. The fourth-order valence-electron chi connectivity index (χ4n) is 3.32. The molecule has 0 aromatic carbocycles. The summed E-state index contributed by atoms with van der Waals surface area (Å²) in [4.78, 5) is 20.5. The Morgan fingerprint density at radius 2 is 2.04 bits per heavy atom. The van der Waals surface area contributed by atoms with E-state index in [4.69, 9.17) is 5.26 Å². The van der Waals surface area contributed by atoms with Gasteiger partial charge in [-0.25, -0.2) is 9.78 Å². The van der Waals surface area contributed by atoms with Gasteiger partial charge in [-0.2, -0.15) is 10.4 Å². The Bertz CT molecular complexity index is 791. The Hall–Kier alpha value is -3.08. The molecule has 1 fully saturated rings. The molecule has 0 unspecified atom stereocenters. The lowest BCUT2D eigenvalue weighted by Crippen LogP contribution is -2.50. The number of aryl methyl sites for hydroxylation is 2. The zero-order valence-corrected chi connectivity index (χ0v) is 13.9. The molecule has 4 heterocycles. The minimum Gasteiger partial charge on any atom is -0.367 e. The number of nitriles is 1. The lowest BCUT2D eigenvalue weighted by Gasteiger charge is -2.35. The Kier molecular flexibility index (Phi) is 3.98. The van der Waals surface area contributed by atoms with Crippen LogP contribution in [0.4, 0.5) is 16.3 Å². The van der Waals surface area contributed by atoms with Gasteiger partial charge in [-0.15, -0.1) is 0 Å². The predicted molar refractivity (Wildman–Crippen MR) is 92.3 cm³/mol. The zero-order valence-electron chi connectivity index (χ0n) is 13.9. The molecule has 25 heavy (non-hydrogen) atoms. The maximum atomic E-state index is 12.4. The molecule has 0 atom stereocenters. The van der Waals surface area contributed by atoms with Gasteiger partial charge < -0.3 is 9.80 Å². The monoisotopic (exact) mass is 337 g/mol. The van der Waals surface area contributed by atoms with Crippen molar-refractivity contribution in [2.45, 2.75) is 19.4 Å². The number of nitrogens with zero attached hydrogens (tertiary/aromatic N) is 6. The lowest BCUT2D eigenvalue weighted by molar-refractivity contribution is 0.208. The number of piperazine rings is 1. The number of carbonyl (C=O) groups excluding carboxylic acids is 1. The highest BCUT2D eigenvalue weighted by Crippen LogP contribution is 2.19. The van der Waals surface area contributed by atoms with E-state index in [9.17, 15) is 4.79 Å². The molecule has 2 aromatic heterocycles. The Labute approximate surface area is 145 Å². The quantitative estimate of drug-likeness (QED) is 0.896. The highest BCUT2D eigenvalue weighted by atomic mass is 16.2. The maximum absolute atomic E-state index is 12.4. The van der Waals surface area contributed by atoms with Crippen molar-refractivity contribution in [3.05, 3.63) is 35.8 Å². The molecule has 8 nitrogen and oxygen atoms in total. The molecule has 0 bridgehead atoms. The molecule has 0 saturated carbocycles. The van der Waals surface area contributed by atoms with Gasteiger partial charge in [0.1, 0.15) is 11.8 Å². The minimum atomic E-state index is -0.102. The van der Waals surface area contributed by atoms with Crippen molar-refractivity contribution < 1.29 is 4.79 Å². The van der Waals surface area contributed by atoms with Crippen molar-refractivity contribution in [3.8, 4) is 6.07 Å². The summed E-state index contributed by atoms with van der Waals surface area (Å²) in [5.41, 5.74) is 2.58. The number of aromatic nitrogens is 3. The number of fused-ring (bicyclic) bond motifs is 1. The van der Waals surface area contributed by atoms with Crippen LogP contribution in [0.5, 0.6) is 0 Å². The van der Waals surface area contributed by atoms with Crippen molar-refractivity contribution in [3.63, 3.8) is 0 Å². The Balaban J connectivity index is 1.33. The van der Waals surface area contributed by atoms with E-state index in [1.807, 2.05) is 22.9 Å². The molecule has 8 heteroatoms. The van der Waals surface area contributed by atoms with Crippen LogP contribution in [0.2, 0.25) is 0 Å². The van der Waals surface area contributed by atoms with E-state index in [0.29, 0.717) is 24.6 Å². The molecule has 0 radical (unpaired) electrons. The summed E-state index contributed by atoms with van der Waals surface area (Å²) in [6.45, 7) is 3.68. The van der Waals surface area contributed by atoms with Crippen molar-refractivity contribution in [1.29, 1.82) is 5.26 Å². The van der Waals surface area contributed by atoms with E-state index in [1.54, 1.807) is 17.2 Å². The maximum Gasteiger partial charge on any atom is 0.323 e. The van der Waals surface area contributed by atoms with E-state index >= 15 is 0 Å². The molecule has 128 valence electrons. The fourth-order valence-corrected chi connectivity index (χ4v) is 3.32. The lowest BCUT2D eigenvalue weighted by atomic mass is 10.2. The number of hydrogen-bond acceptors (Lipinski definition) is 5. The van der Waals surface area contributed by atoms with E-state index in [-0.39, 0.29) is 6.03 Å². The van der Waals surface area contributed by atoms with Crippen LogP contribution in [0, 0.1) is 11.3 Å². The number of anilines is 2.